The van der Waals surface area contributed by atoms with Crippen molar-refractivity contribution in [2.45, 2.75) is 12.8 Å². The lowest BCUT2D eigenvalue weighted by Gasteiger charge is -2.18. The number of ketones is 1. The Hall–Kier alpha value is -7.50. The van der Waals surface area contributed by atoms with Gasteiger partial charge in [0, 0.05) is 54.1 Å². The molecule has 4 aromatic carbocycles. The first-order chi connectivity index (χ1) is 27.4. The van der Waals surface area contributed by atoms with E-state index in [9.17, 15) is 31.9 Å². The van der Waals surface area contributed by atoms with Crippen molar-refractivity contribution < 1.29 is 27.2 Å². The van der Waals surface area contributed by atoms with Crippen LogP contribution in [0.4, 0.5) is 28.9 Å². The number of rotatable bonds is 7. The SMILES string of the molecule is Cn1ncnc1CC1=NCC(=O)c2cc(F)cc(N=Cc3ccc(F)cc3)c21.Cn1ncnc1Cc1n[nH]c(=O)c2cc(F)cc(N)c12.O=Cc1ccc(F)cc1. The predicted octanol–water partition coefficient (Wildman–Crippen LogP) is 5.07. The number of fused-ring (bicyclic) bond motifs is 2. The van der Waals surface area contributed by atoms with E-state index in [1.165, 1.54) is 73.5 Å². The Morgan fingerprint density at radius 1 is 0.789 bits per heavy atom. The molecule has 0 atom stereocenters. The number of halogens is 4. The van der Waals surface area contributed by atoms with Crippen LogP contribution in [0.25, 0.3) is 10.8 Å². The van der Waals surface area contributed by atoms with E-state index in [2.05, 4.69) is 40.3 Å². The van der Waals surface area contributed by atoms with Crippen LogP contribution in [0, 0.1) is 23.3 Å². The zero-order valence-corrected chi connectivity index (χ0v) is 30.2. The summed E-state index contributed by atoms with van der Waals surface area (Å²) in [5.74, 6) is -0.736. The minimum Gasteiger partial charge on any atom is -0.398 e. The summed E-state index contributed by atoms with van der Waals surface area (Å²) < 4.78 is 55.9. The van der Waals surface area contributed by atoms with Gasteiger partial charge in [-0.1, -0.05) is 12.1 Å². The van der Waals surface area contributed by atoms with Crippen LogP contribution in [0.5, 0.6) is 0 Å². The highest BCUT2D eigenvalue weighted by Crippen LogP contribution is 2.30. The molecule has 0 saturated heterocycles. The van der Waals surface area contributed by atoms with E-state index in [4.69, 9.17) is 5.73 Å². The Morgan fingerprint density at radius 2 is 1.39 bits per heavy atom. The van der Waals surface area contributed by atoms with E-state index in [0.29, 0.717) is 64.3 Å². The fourth-order valence-electron chi connectivity index (χ4n) is 5.68. The number of anilines is 1. The molecule has 0 fully saturated rings. The highest BCUT2D eigenvalue weighted by atomic mass is 19.1. The second kappa shape index (κ2) is 17.3. The van der Waals surface area contributed by atoms with Gasteiger partial charge in [-0.05, 0) is 60.2 Å². The zero-order valence-electron chi connectivity index (χ0n) is 30.2. The van der Waals surface area contributed by atoms with Gasteiger partial charge >= 0.3 is 0 Å². The predicted molar refractivity (Wildman–Crippen MR) is 203 cm³/mol. The maximum absolute atomic E-state index is 14.1. The number of aliphatic imine (C=N–C) groups is 2. The van der Waals surface area contributed by atoms with Gasteiger partial charge in [0.2, 0.25) is 0 Å². The van der Waals surface area contributed by atoms with Crippen molar-refractivity contribution in [3.8, 4) is 0 Å². The lowest BCUT2D eigenvalue weighted by Crippen LogP contribution is -2.22. The number of nitrogen functional groups attached to an aromatic ring is 1. The van der Waals surface area contributed by atoms with Crippen molar-refractivity contribution >= 4 is 46.1 Å². The summed E-state index contributed by atoms with van der Waals surface area (Å²) in [6.07, 6.45) is 5.70. The third-order valence-corrected chi connectivity index (χ3v) is 8.53. The number of carbonyl (C=O) groups is 2. The van der Waals surface area contributed by atoms with Crippen LogP contribution in [-0.2, 0) is 26.9 Å². The van der Waals surface area contributed by atoms with Gasteiger partial charge in [-0.2, -0.15) is 15.3 Å². The largest absolute Gasteiger partial charge is 0.398 e. The Morgan fingerprint density at radius 3 is 1.98 bits per heavy atom. The molecule has 0 spiro atoms. The molecular weight excluding hydrogens is 746 g/mol. The Kier molecular flexibility index (Phi) is 11.9. The smallest absolute Gasteiger partial charge is 0.272 e. The summed E-state index contributed by atoms with van der Waals surface area (Å²) in [4.78, 5) is 51.0. The lowest BCUT2D eigenvalue weighted by atomic mass is 9.93. The van der Waals surface area contributed by atoms with Gasteiger partial charge < -0.3 is 5.73 Å². The monoisotopic (exact) mass is 777 g/mol. The van der Waals surface area contributed by atoms with Crippen molar-refractivity contribution in [1.82, 2.24) is 39.7 Å². The normalized spacial score (nSPS) is 12.0. The number of hydrogen-bond donors (Lipinski definition) is 2. The number of benzene rings is 4. The molecule has 14 nitrogen and oxygen atoms in total. The quantitative estimate of drug-likeness (QED) is 0.0962. The van der Waals surface area contributed by atoms with Gasteiger partial charge in [0.15, 0.2) is 5.78 Å². The van der Waals surface area contributed by atoms with Gasteiger partial charge in [-0.25, -0.2) is 32.6 Å². The van der Waals surface area contributed by atoms with Gasteiger partial charge in [0.25, 0.3) is 5.56 Å². The van der Waals surface area contributed by atoms with Crippen LogP contribution in [-0.4, -0.2) is 70.3 Å². The first-order valence-electron chi connectivity index (χ1n) is 16.9. The molecule has 1 aliphatic heterocycles. The van der Waals surface area contributed by atoms with E-state index in [0.717, 1.165) is 6.07 Å². The average molecular weight is 778 g/mol. The molecule has 0 saturated carbocycles. The van der Waals surface area contributed by atoms with Gasteiger partial charge in [-0.15, -0.1) is 0 Å². The minimum absolute atomic E-state index is 0.0508. The van der Waals surface area contributed by atoms with Crippen molar-refractivity contribution in [3.63, 3.8) is 0 Å². The molecule has 288 valence electrons. The van der Waals surface area contributed by atoms with Crippen molar-refractivity contribution in [3.05, 3.63) is 159 Å². The number of H-pyrrole nitrogens is 1. The number of aryl methyl sites for hydroxylation is 2. The van der Waals surface area contributed by atoms with Crippen molar-refractivity contribution in [2.75, 3.05) is 12.3 Å². The number of Topliss-reactive ketones (excluding diaryl/α,β-unsaturated/α-hetero) is 1. The number of aromatic nitrogens is 8. The number of nitrogens with zero attached hydrogens (tertiary/aromatic N) is 9. The van der Waals surface area contributed by atoms with Gasteiger partial charge in [0.1, 0.15) is 60.4 Å². The Balaban J connectivity index is 0.000000164. The molecule has 18 heteroatoms. The topological polar surface area (TPSA) is 192 Å². The molecule has 0 radical (unpaired) electrons. The van der Waals surface area contributed by atoms with Crippen LogP contribution in [0.15, 0.2) is 100 Å². The van der Waals surface area contributed by atoms with Gasteiger partial charge in [-0.3, -0.25) is 33.7 Å². The van der Waals surface area contributed by atoms with Crippen LogP contribution in [0.1, 0.15) is 49.2 Å². The molecule has 4 heterocycles. The molecule has 8 rings (SSSR count). The molecule has 3 aromatic heterocycles. The molecule has 1 aliphatic rings. The maximum Gasteiger partial charge on any atom is 0.272 e. The first-order valence-corrected chi connectivity index (χ1v) is 16.9. The molecule has 0 unspecified atom stereocenters. The standard InChI is InChI=1S/C20H15F2N5O.C12H11FN6O.C7H5FO/c1-27-19(25-11-26-27)8-17-20-15(18(28)10-24-17)6-14(22)7-16(20)23-9-12-2-4-13(21)5-3-12;1-19-10(15-5-16-19)4-9-11-7(12(20)18-17-9)2-6(13)3-8(11)14;8-7-3-1-6(5-9)2-4-7/h2-7,9,11H,8,10H2,1H3;2-3,5H,4,14H2,1H3,(H,18,20);1-5H. The second-order valence-corrected chi connectivity index (χ2v) is 12.4. The summed E-state index contributed by atoms with van der Waals surface area (Å²) in [6.45, 7) is -0.0508. The molecule has 0 bridgehead atoms. The number of aromatic amines is 1. The second-order valence-electron chi connectivity index (χ2n) is 12.4. The molecular formula is C39H31F4N11O3. The average Bonchev–Trinajstić information content (AvgIpc) is 3.80. The van der Waals surface area contributed by atoms with Crippen LogP contribution >= 0.6 is 0 Å². The number of carbonyl (C=O) groups excluding carboxylic acids is 2. The highest BCUT2D eigenvalue weighted by molar-refractivity contribution is 6.18. The van der Waals surface area contributed by atoms with Crippen LogP contribution in [0.2, 0.25) is 0 Å². The Labute approximate surface area is 320 Å². The van der Waals surface area contributed by atoms with Crippen LogP contribution < -0.4 is 11.3 Å². The summed E-state index contributed by atoms with van der Waals surface area (Å²) in [5.41, 5.74) is 8.79. The summed E-state index contributed by atoms with van der Waals surface area (Å²) in [7, 11) is 3.51. The van der Waals surface area contributed by atoms with Gasteiger partial charge in [0.05, 0.1) is 35.3 Å². The van der Waals surface area contributed by atoms with Crippen LogP contribution in [0.3, 0.4) is 0 Å². The number of nitrogens with one attached hydrogen (secondary N) is 1. The van der Waals surface area contributed by atoms with Crippen molar-refractivity contribution in [2.24, 2.45) is 24.1 Å². The highest BCUT2D eigenvalue weighted by Gasteiger charge is 2.26. The van der Waals surface area contributed by atoms with E-state index >= 15 is 0 Å². The lowest BCUT2D eigenvalue weighted by molar-refractivity contribution is 0.0999. The molecule has 57 heavy (non-hydrogen) atoms. The summed E-state index contributed by atoms with van der Waals surface area (Å²) >= 11 is 0. The number of aldehydes is 1. The third-order valence-electron chi connectivity index (χ3n) is 8.53. The Bertz CT molecular complexity index is 2710. The van der Waals surface area contributed by atoms with E-state index in [1.807, 2.05) is 0 Å². The van der Waals surface area contributed by atoms with E-state index in [1.54, 1.807) is 35.6 Å². The van der Waals surface area contributed by atoms with Crippen molar-refractivity contribution in [1.29, 1.82) is 0 Å². The third kappa shape index (κ3) is 9.42. The molecule has 3 N–H and O–H groups in total. The summed E-state index contributed by atoms with van der Waals surface area (Å²) in [6, 6.07) is 15.9. The zero-order chi connectivity index (χ0) is 40.6. The maximum atomic E-state index is 14.1. The summed E-state index contributed by atoms with van der Waals surface area (Å²) in [5, 5.41) is 15.0. The first kappa shape index (κ1) is 39.2. The number of nitrogens with two attached hydrogens (primary N) is 1. The van der Waals surface area contributed by atoms with E-state index < -0.39 is 17.2 Å². The molecule has 0 amide bonds. The molecule has 7 aromatic rings. The fraction of sp³-hybridized carbons (Fsp3) is 0.128. The van der Waals surface area contributed by atoms with E-state index in [-0.39, 0.29) is 46.3 Å². The molecule has 0 aliphatic carbocycles. The number of hydrogen-bond acceptors (Lipinski definition) is 11. The fourth-order valence-corrected chi connectivity index (χ4v) is 5.68. The minimum atomic E-state index is -0.559.